The van der Waals surface area contributed by atoms with E-state index in [0.29, 0.717) is 17.7 Å². The smallest absolute Gasteiger partial charge is 0.408 e. The molecule has 0 fully saturated rings. The van der Waals surface area contributed by atoms with E-state index in [9.17, 15) is 19.5 Å². The molecule has 8 heteroatoms. The van der Waals surface area contributed by atoms with Gasteiger partial charge in [-0.3, -0.25) is 9.59 Å². The van der Waals surface area contributed by atoms with Gasteiger partial charge in [-0.15, -0.1) is 0 Å². The van der Waals surface area contributed by atoms with Gasteiger partial charge >= 0.3 is 6.09 Å². The Morgan fingerprint density at radius 3 is 2.28 bits per heavy atom. The minimum Gasteiger partial charge on any atom is -0.444 e. The third-order valence-corrected chi connectivity index (χ3v) is 6.22. The van der Waals surface area contributed by atoms with E-state index in [4.69, 9.17) is 4.74 Å². The van der Waals surface area contributed by atoms with Gasteiger partial charge in [0.15, 0.2) is 0 Å². The van der Waals surface area contributed by atoms with Crippen LogP contribution in [-0.2, 0) is 14.3 Å². The van der Waals surface area contributed by atoms with Gasteiger partial charge in [-0.2, -0.15) is 0 Å². The number of hydrogen-bond acceptors (Lipinski definition) is 5. The molecule has 0 aromatic heterocycles. The average molecular weight is 534 g/mol. The predicted octanol–water partition coefficient (Wildman–Crippen LogP) is 5.26. The maximum atomic E-state index is 13.9. The molecule has 3 N–H and O–H groups in total. The van der Waals surface area contributed by atoms with E-state index in [0.717, 1.165) is 21.9 Å². The molecule has 0 radical (unpaired) electrons. The molecule has 0 heterocycles. The fourth-order valence-corrected chi connectivity index (χ4v) is 4.50. The summed E-state index contributed by atoms with van der Waals surface area (Å²) < 4.78 is 5.29. The minimum atomic E-state index is -1.28. The van der Waals surface area contributed by atoms with Crippen molar-refractivity contribution in [1.82, 2.24) is 10.2 Å². The number of aryl methyl sites for hydroxylation is 2. The standard InChI is InChI=1S/C31H39N3O5/c1-7-16-34(29(37)26(19-35)33-30(38)39-31(4,5)6)27(25-15-12-20(2)17-21(25)3)28(36)32-24-14-13-22-10-8-9-11-23(22)18-24/h8-15,17-18,26-27,35H,7,16,19H2,1-6H3,(H,32,36)(H,33,38). The highest BCUT2D eigenvalue weighted by molar-refractivity contribution is 6.00. The van der Waals surface area contributed by atoms with Crippen LogP contribution in [0.25, 0.3) is 10.8 Å². The van der Waals surface area contributed by atoms with Crippen LogP contribution in [0.1, 0.15) is 56.8 Å². The first kappa shape index (κ1) is 29.6. The largest absolute Gasteiger partial charge is 0.444 e. The Morgan fingerprint density at radius 1 is 0.974 bits per heavy atom. The monoisotopic (exact) mass is 533 g/mol. The number of amides is 3. The van der Waals surface area contributed by atoms with Gasteiger partial charge in [-0.05, 0) is 75.1 Å². The summed E-state index contributed by atoms with van der Waals surface area (Å²) in [6.45, 7) is 10.5. The topological polar surface area (TPSA) is 108 Å². The summed E-state index contributed by atoms with van der Waals surface area (Å²) in [6.07, 6.45) is -0.268. The van der Waals surface area contributed by atoms with E-state index in [1.54, 1.807) is 20.8 Å². The Bertz CT molecular complexity index is 1330. The molecule has 2 unspecified atom stereocenters. The van der Waals surface area contributed by atoms with Crippen molar-refractivity contribution in [2.75, 3.05) is 18.5 Å². The summed E-state index contributed by atoms with van der Waals surface area (Å²) in [4.78, 5) is 41.6. The molecular formula is C31H39N3O5. The summed E-state index contributed by atoms with van der Waals surface area (Å²) in [5, 5.41) is 17.5. The molecule has 208 valence electrons. The molecule has 0 aliphatic heterocycles. The Labute approximate surface area is 230 Å². The molecule has 2 atom stereocenters. The lowest BCUT2D eigenvalue weighted by Gasteiger charge is -2.34. The van der Waals surface area contributed by atoms with Crippen molar-refractivity contribution in [2.24, 2.45) is 0 Å². The SMILES string of the molecule is CCCN(C(=O)C(CO)NC(=O)OC(C)(C)C)C(C(=O)Nc1ccc2ccccc2c1)c1ccc(C)cc1C. The lowest BCUT2D eigenvalue weighted by molar-refractivity contribution is -0.141. The van der Waals surface area contributed by atoms with Gasteiger partial charge in [0.25, 0.3) is 5.91 Å². The predicted molar refractivity (Wildman–Crippen MR) is 153 cm³/mol. The van der Waals surface area contributed by atoms with Crippen molar-refractivity contribution in [3.8, 4) is 0 Å². The number of benzene rings is 3. The Morgan fingerprint density at radius 2 is 1.67 bits per heavy atom. The van der Waals surface area contributed by atoms with E-state index in [1.807, 2.05) is 81.4 Å². The average Bonchev–Trinajstić information content (AvgIpc) is 2.86. The first-order valence-electron chi connectivity index (χ1n) is 13.2. The number of aliphatic hydroxyl groups excluding tert-OH is 1. The summed E-state index contributed by atoms with van der Waals surface area (Å²) in [5.41, 5.74) is 2.36. The van der Waals surface area contributed by atoms with E-state index >= 15 is 0 Å². The molecule has 3 amide bonds. The van der Waals surface area contributed by atoms with Crippen molar-refractivity contribution >= 4 is 34.4 Å². The number of hydrogen-bond donors (Lipinski definition) is 3. The summed E-state index contributed by atoms with van der Waals surface area (Å²) in [5.74, 6) is -0.975. The fraction of sp³-hybridized carbons (Fsp3) is 0.387. The van der Waals surface area contributed by atoms with Crippen LogP contribution in [0.4, 0.5) is 10.5 Å². The summed E-state index contributed by atoms with van der Waals surface area (Å²) >= 11 is 0. The van der Waals surface area contributed by atoms with E-state index < -0.39 is 42.2 Å². The molecule has 0 saturated heterocycles. The number of aliphatic hydroxyl groups is 1. The molecule has 0 saturated carbocycles. The number of ether oxygens (including phenoxy) is 1. The number of alkyl carbamates (subject to hydrolysis) is 1. The zero-order chi connectivity index (χ0) is 28.7. The van der Waals surface area contributed by atoms with Crippen LogP contribution < -0.4 is 10.6 Å². The highest BCUT2D eigenvalue weighted by Gasteiger charge is 2.36. The van der Waals surface area contributed by atoms with Crippen molar-refractivity contribution in [3.63, 3.8) is 0 Å². The Balaban J connectivity index is 2.00. The van der Waals surface area contributed by atoms with Crippen LogP contribution in [0.15, 0.2) is 60.7 Å². The molecule has 8 nitrogen and oxygen atoms in total. The number of nitrogens with zero attached hydrogens (tertiary/aromatic N) is 1. The van der Waals surface area contributed by atoms with Crippen LogP contribution in [0.3, 0.4) is 0 Å². The zero-order valence-corrected chi connectivity index (χ0v) is 23.6. The van der Waals surface area contributed by atoms with Crippen LogP contribution in [0.2, 0.25) is 0 Å². The molecule has 0 spiro atoms. The Hall–Kier alpha value is -3.91. The van der Waals surface area contributed by atoms with Gasteiger partial charge in [0.2, 0.25) is 5.91 Å². The number of nitrogens with one attached hydrogen (secondary N) is 2. The van der Waals surface area contributed by atoms with Crippen molar-refractivity contribution in [1.29, 1.82) is 0 Å². The summed E-state index contributed by atoms with van der Waals surface area (Å²) in [6, 6.07) is 16.9. The number of anilines is 1. The first-order valence-corrected chi connectivity index (χ1v) is 13.2. The van der Waals surface area contributed by atoms with Gasteiger partial charge in [0.1, 0.15) is 17.7 Å². The molecule has 0 bridgehead atoms. The quantitative estimate of drug-likeness (QED) is 0.348. The van der Waals surface area contributed by atoms with E-state index in [1.165, 1.54) is 4.90 Å². The lowest BCUT2D eigenvalue weighted by atomic mass is 9.96. The van der Waals surface area contributed by atoms with Gasteiger partial charge < -0.3 is 25.4 Å². The normalized spacial score (nSPS) is 12.9. The third kappa shape index (κ3) is 7.80. The van der Waals surface area contributed by atoms with Crippen molar-refractivity contribution in [3.05, 3.63) is 77.4 Å². The molecule has 0 aliphatic carbocycles. The maximum absolute atomic E-state index is 13.9. The zero-order valence-electron chi connectivity index (χ0n) is 23.6. The second-order valence-electron chi connectivity index (χ2n) is 10.7. The molecule has 39 heavy (non-hydrogen) atoms. The number of fused-ring (bicyclic) bond motifs is 1. The van der Waals surface area contributed by atoms with Crippen LogP contribution >= 0.6 is 0 Å². The van der Waals surface area contributed by atoms with E-state index in [-0.39, 0.29) is 6.54 Å². The fourth-order valence-electron chi connectivity index (χ4n) is 4.50. The third-order valence-electron chi connectivity index (χ3n) is 6.22. The maximum Gasteiger partial charge on any atom is 0.408 e. The molecule has 3 rings (SSSR count). The van der Waals surface area contributed by atoms with Crippen molar-refractivity contribution in [2.45, 2.75) is 65.6 Å². The van der Waals surface area contributed by atoms with Crippen LogP contribution in [-0.4, -0.2) is 52.7 Å². The van der Waals surface area contributed by atoms with Gasteiger partial charge in [-0.1, -0.05) is 61.0 Å². The molecular weight excluding hydrogens is 494 g/mol. The van der Waals surface area contributed by atoms with E-state index in [2.05, 4.69) is 10.6 Å². The van der Waals surface area contributed by atoms with Crippen LogP contribution in [0.5, 0.6) is 0 Å². The number of rotatable bonds is 9. The highest BCUT2D eigenvalue weighted by atomic mass is 16.6. The second kappa shape index (κ2) is 12.8. The molecule has 0 aliphatic rings. The number of carbonyl (C=O) groups is 3. The summed E-state index contributed by atoms with van der Waals surface area (Å²) in [7, 11) is 0. The van der Waals surface area contributed by atoms with Crippen molar-refractivity contribution < 1.29 is 24.2 Å². The second-order valence-corrected chi connectivity index (χ2v) is 10.7. The van der Waals surface area contributed by atoms with Gasteiger partial charge in [-0.25, -0.2) is 4.79 Å². The van der Waals surface area contributed by atoms with Gasteiger partial charge in [0, 0.05) is 12.2 Å². The molecule has 3 aromatic carbocycles. The lowest BCUT2D eigenvalue weighted by Crippen LogP contribution is -2.54. The van der Waals surface area contributed by atoms with Gasteiger partial charge in [0.05, 0.1) is 6.61 Å². The first-order chi connectivity index (χ1) is 18.4. The highest BCUT2D eigenvalue weighted by Crippen LogP contribution is 2.29. The molecule has 3 aromatic rings. The van der Waals surface area contributed by atoms with Crippen LogP contribution in [0, 0.1) is 13.8 Å². The Kier molecular flexibility index (Phi) is 9.70. The number of carbonyl (C=O) groups excluding carboxylic acids is 3. The minimum absolute atomic E-state index is 0.231.